The van der Waals surface area contributed by atoms with Crippen molar-refractivity contribution in [2.24, 2.45) is 0 Å². The molecule has 2 aromatic rings. The van der Waals surface area contributed by atoms with Crippen molar-refractivity contribution in [3.63, 3.8) is 0 Å². The number of carbonyl (C=O) groups is 1. The lowest BCUT2D eigenvalue weighted by Gasteiger charge is -2.19. The summed E-state index contributed by atoms with van der Waals surface area (Å²) >= 11 is 9.63. The van der Waals surface area contributed by atoms with Crippen molar-refractivity contribution in [3.8, 4) is 0 Å². The molecule has 0 saturated carbocycles. The van der Waals surface area contributed by atoms with Gasteiger partial charge in [0.15, 0.2) is 5.16 Å². The molecule has 7 heteroatoms. The molecule has 0 N–H and O–H groups in total. The molecule has 0 aromatic carbocycles. The van der Waals surface area contributed by atoms with Gasteiger partial charge in [0.1, 0.15) is 9.98 Å². The highest BCUT2D eigenvalue weighted by Crippen LogP contribution is 2.39. The number of nitrogens with zero attached hydrogens (tertiary/aromatic N) is 3. The fourth-order valence-electron chi connectivity index (χ4n) is 3.70. The molecule has 0 spiro atoms. The quantitative estimate of drug-likeness (QED) is 0.428. The summed E-state index contributed by atoms with van der Waals surface area (Å²) in [5.74, 6) is 0.588. The second kappa shape index (κ2) is 7.80. The van der Waals surface area contributed by atoms with Gasteiger partial charge in [0.05, 0.1) is 11.1 Å². The highest BCUT2D eigenvalue weighted by molar-refractivity contribution is 7.99. The monoisotopic (exact) mass is 395 g/mol. The first kappa shape index (κ1) is 17.6. The molecule has 1 aliphatic heterocycles. The van der Waals surface area contributed by atoms with Gasteiger partial charge < -0.3 is 4.90 Å². The number of aromatic nitrogens is 2. The Balaban J connectivity index is 1.49. The van der Waals surface area contributed by atoms with Crippen LogP contribution >= 0.6 is 34.7 Å². The first-order valence-corrected chi connectivity index (χ1v) is 11.3. The molecular weight excluding hydrogens is 374 g/mol. The van der Waals surface area contributed by atoms with Crippen molar-refractivity contribution in [2.45, 2.75) is 56.5 Å². The highest BCUT2D eigenvalue weighted by atomic mass is 35.5. The summed E-state index contributed by atoms with van der Waals surface area (Å²) < 4.78 is 0. The molecule has 4 nitrogen and oxygen atoms in total. The summed E-state index contributed by atoms with van der Waals surface area (Å²) in [5.41, 5.74) is 1.36. The molecule has 0 bridgehead atoms. The van der Waals surface area contributed by atoms with Crippen LogP contribution in [0.5, 0.6) is 0 Å². The predicted octanol–water partition coefficient (Wildman–Crippen LogP) is 4.72. The molecule has 0 unspecified atom stereocenters. The number of thiophene rings is 1. The maximum Gasteiger partial charge on any atom is 0.233 e. The van der Waals surface area contributed by atoms with Crippen LogP contribution in [0.25, 0.3) is 10.2 Å². The minimum Gasteiger partial charge on any atom is -0.342 e. The normalized spacial score (nSPS) is 18.2. The SMILES string of the molecule is O=C(CSc1nc(Cl)c2c3c(sc2n1)CCCC3)N1CCCCCC1. The maximum absolute atomic E-state index is 12.5. The Morgan fingerprint density at radius 2 is 1.84 bits per heavy atom. The number of thioether (sulfide) groups is 1. The van der Waals surface area contributed by atoms with Crippen molar-refractivity contribution in [1.82, 2.24) is 14.9 Å². The van der Waals surface area contributed by atoms with Crippen molar-refractivity contribution < 1.29 is 4.79 Å². The lowest BCUT2D eigenvalue weighted by molar-refractivity contribution is -0.128. The fraction of sp³-hybridized carbons (Fsp3) is 0.611. The largest absolute Gasteiger partial charge is 0.342 e. The van der Waals surface area contributed by atoms with E-state index in [1.807, 2.05) is 4.90 Å². The summed E-state index contributed by atoms with van der Waals surface area (Å²) in [4.78, 5) is 26.0. The molecule has 1 fully saturated rings. The lowest BCUT2D eigenvalue weighted by atomic mass is 9.97. The van der Waals surface area contributed by atoms with Crippen LogP contribution in [-0.2, 0) is 17.6 Å². The Labute approximate surface area is 161 Å². The number of likely N-dealkylation sites (tertiary alicyclic amines) is 1. The van der Waals surface area contributed by atoms with Gasteiger partial charge in [-0.1, -0.05) is 36.2 Å². The van der Waals surface area contributed by atoms with E-state index in [-0.39, 0.29) is 5.91 Å². The number of hydrogen-bond acceptors (Lipinski definition) is 5. The third-order valence-electron chi connectivity index (χ3n) is 5.03. The van der Waals surface area contributed by atoms with Crippen LogP contribution in [0.4, 0.5) is 0 Å². The number of carbonyl (C=O) groups excluding carboxylic acids is 1. The molecule has 1 aliphatic carbocycles. The lowest BCUT2D eigenvalue weighted by Crippen LogP contribution is -2.33. The van der Waals surface area contributed by atoms with E-state index in [4.69, 9.17) is 16.6 Å². The molecule has 4 rings (SSSR count). The third kappa shape index (κ3) is 3.81. The minimum atomic E-state index is 0.192. The van der Waals surface area contributed by atoms with Crippen LogP contribution in [0, 0.1) is 0 Å². The standard InChI is InChI=1S/C18H22ClN3OS2/c19-16-15-12-7-3-4-8-13(12)25-17(15)21-18(20-16)24-11-14(23)22-9-5-1-2-6-10-22/h1-11H2. The average Bonchev–Trinajstić information content (AvgIpc) is 2.79. The first-order chi connectivity index (χ1) is 12.2. The van der Waals surface area contributed by atoms with Gasteiger partial charge in [-0.25, -0.2) is 9.97 Å². The zero-order valence-electron chi connectivity index (χ0n) is 14.2. The highest BCUT2D eigenvalue weighted by Gasteiger charge is 2.21. The molecular formula is C18H22ClN3OS2. The van der Waals surface area contributed by atoms with E-state index in [2.05, 4.69) is 4.98 Å². The van der Waals surface area contributed by atoms with Crippen LogP contribution in [0.3, 0.4) is 0 Å². The van der Waals surface area contributed by atoms with Crippen LogP contribution in [0.2, 0.25) is 5.15 Å². The van der Waals surface area contributed by atoms with E-state index < -0.39 is 0 Å². The minimum absolute atomic E-state index is 0.192. The molecule has 1 saturated heterocycles. The third-order valence-corrected chi connectivity index (χ3v) is 7.32. The van der Waals surface area contributed by atoms with Crippen molar-refractivity contribution in [3.05, 3.63) is 15.6 Å². The van der Waals surface area contributed by atoms with Crippen molar-refractivity contribution in [1.29, 1.82) is 0 Å². The summed E-state index contributed by atoms with van der Waals surface area (Å²) in [6, 6.07) is 0. The number of aryl methyl sites for hydroxylation is 2. The van der Waals surface area contributed by atoms with Crippen LogP contribution in [-0.4, -0.2) is 39.6 Å². The molecule has 134 valence electrons. The van der Waals surface area contributed by atoms with E-state index in [1.54, 1.807) is 11.3 Å². The van der Waals surface area contributed by atoms with Gasteiger partial charge in [0.25, 0.3) is 0 Å². The van der Waals surface area contributed by atoms with Gasteiger partial charge in [-0.05, 0) is 44.1 Å². The Kier molecular flexibility index (Phi) is 5.48. The smallest absolute Gasteiger partial charge is 0.233 e. The van der Waals surface area contributed by atoms with Crippen molar-refractivity contribution >= 4 is 50.8 Å². The zero-order valence-corrected chi connectivity index (χ0v) is 16.6. The van der Waals surface area contributed by atoms with Crippen LogP contribution < -0.4 is 0 Å². The van der Waals surface area contributed by atoms with Gasteiger partial charge in [0.2, 0.25) is 5.91 Å². The van der Waals surface area contributed by atoms with Gasteiger partial charge in [-0.15, -0.1) is 11.3 Å². The maximum atomic E-state index is 12.5. The molecule has 3 heterocycles. The average molecular weight is 396 g/mol. The number of halogens is 1. The van der Waals surface area contributed by atoms with Gasteiger partial charge in [0, 0.05) is 18.0 Å². The van der Waals surface area contributed by atoms with Crippen LogP contribution in [0.1, 0.15) is 49.0 Å². The number of fused-ring (bicyclic) bond motifs is 3. The summed E-state index contributed by atoms with van der Waals surface area (Å²) in [5, 5.41) is 2.22. The Morgan fingerprint density at radius 3 is 2.64 bits per heavy atom. The fourth-order valence-corrected chi connectivity index (χ4v) is 6.15. The molecule has 2 aromatic heterocycles. The van der Waals surface area contributed by atoms with Gasteiger partial charge in [-0.3, -0.25) is 4.79 Å². The van der Waals surface area contributed by atoms with Gasteiger partial charge >= 0.3 is 0 Å². The Hall–Kier alpha value is -0.850. The molecule has 25 heavy (non-hydrogen) atoms. The van der Waals surface area contributed by atoms with E-state index >= 15 is 0 Å². The van der Waals surface area contributed by atoms with E-state index in [0.717, 1.165) is 49.0 Å². The Bertz CT molecular complexity index is 784. The Morgan fingerprint density at radius 1 is 1.08 bits per heavy atom. The summed E-state index contributed by atoms with van der Waals surface area (Å²) in [6.07, 6.45) is 9.37. The number of amides is 1. The molecule has 2 aliphatic rings. The van der Waals surface area contributed by atoms with E-state index in [1.165, 1.54) is 47.9 Å². The molecule has 0 atom stereocenters. The van der Waals surface area contributed by atoms with Crippen molar-refractivity contribution in [2.75, 3.05) is 18.8 Å². The van der Waals surface area contributed by atoms with Crippen LogP contribution in [0.15, 0.2) is 5.16 Å². The number of rotatable bonds is 3. The van der Waals surface area contributed by atoms with E-state index in [9.17, 15) is 4.79 Å². The molecule has 0 radical (unpaired) electrons. The second-order valence-corrected chi connectivity index (χ2v) is 9.16. The summed E-state index contributed by atoms with van der Waals surface area (Å²) in [6.45, 7) is 1.77. The van der Waals surface area contributed by atoms with Gasteiger partial charge in [-0.2, -0.15) is 0 Å². The molecule has 1 amide bonds. The number of hydrogen-bond donors (Lipinski definition) is 0. The van der Waals surface area contributed by atoms with E-state index in [0.29, 0.717) is 16.1 Å². The second-order valence-electron chi connectivity index (χ2n) is 6.77. The first-order valence-electron chi connectivity index (χ1n) is 9.11. The summed E-state index contributed by atoms with van der Waals surface area (Å²) in [7, 11) is 0. The topological polar surface area (TPSA) is 46.1 Å². The predicted molar refractivity (Wildman–Crippen MR) is 105 cm³/mol. The zero-order chi connectivity index (χ0) is 17.2.